The third-order valence-corrected chi connectivity index (χ3v) is 3.79. The number of carbonyl (C=O) groups is 1. The molecule has 0 aromatic heterocycles. The van der Waals surface area contributed by atoms with Crippen LogP contribution in [0.2, 0.25) is 0 Å². The van der Waals surface area contributed by atoms with Crippen molar-refractivity contribution in [3.8, 4) is 0 Å². The molecule has 0 aromatic carbocycles. The standard InChI is InChI=1S/C12H22N2O/c1-9-4-2-6-11(9)14-10-5-3-7-13-12(15)8-10/h9-11,14H,2-8H2,1H3,(H,13,15). The van der Waals surface area contributed by atoms with Crippen LogP contribution >= 0.6 is 0 Å². The Labute approximate surface area is 92.0 Å². The van der Waals surface area contributed by atoms with Gasteiger partial charge in [0.1, 0.15) is 0 Å². The first-order valence-corrected chi connectivity index (χ1v) is 6.28. The highest BCUT2D eigenvalue weighted by Crippen LogP contribution is 2.26. The first kappa shape index (κ1) is 10.9. The Morgan fingerprint density at radius 3 is 2.87 bits per heavy atom. The van der Waals surface area contributed by atoms with Crippen molar-refractivity contribution >= 4 is 5.91 Å². The second kappa shape index (κ2) is 4.97. The molecule has 1 aliphatic heterocycles. The van der Waals surface area contributed by atoms with E-state index in [1.54, 1.807) is 0 Å². The average molecular weight is 210 g/mol. The SMILES string of the molecule is CC1CCCC1NC1CCCNC(=O)C1. The van der Waals surface area contributed by atoms with Crippen molar-refractivity contribution < 1.29 is 4.79 Å². The van der Waals surface area contributed by atoms with Gasteiger partial charge in [0.25, 0.3) is 0 Å². The van der Waals surface area contributed by atoms with E-state index in [0.717, 1.165) is 25.3 Å². The number of nitrogens with one attached hydrogen (secondary N) is 2. The Bertz CT molecular complexity index is 230. The molecule has 2 N–H and O–H groups in total. The zero-order valence-corrected chi connectivity index (χ0v) is 9.59. The summed E-state index contributed by atoms with van der Waals surface area (Å²) in [6, 6.07) is 1.07. The summed E-state index contributed by atoms with van der Waals surface area (Å²) in [6.45, 7) is 3.18. The Balaban J connectivity index is 1.84. The molecule has 0 radical (unpaired) electrons. The van der Waals surface area contributed by atoms with Gasteiger partial charge in [0.15, 0.2) is 0 Å². The fourth-order valence-electron chi connectivity index (χ4n) is 2.81. The van der Waals surface area contributed by atoms with Crippen molar-refractivity contribution in [1.29, 1.82) is 0 Å². The van der Waals surface area contributed by atoms with Crippen LogP contribution in [0.3, 0.4) is 0 Å². The Kier molecular flexibility index (Phi) is 3.62. The molecule has 2 fully saturated rings. The molecule has 1 aliphatic carbocycles. The number of amides is 1. The van der Waals surface area contributed by atoms with Gasteiger partial charge >= 0.3 is 0 Å². The third-order valence-electron chi connectivity index (χ3n) is 3.79. The van der Waals surface area contributed by atoms with Gasteiger partial charge < -0.3 is 10.6 Å². The average Bonchev–Trinajstić information content (AvgIpc) is 2.48. The fraction of sp³-hybridized carbons (Fsp3) is 0.917. The lowest BCUT2D eigenvalue weighted by atomic mass is 10.0. The molecule has 1 heterocycles. The van der Waals surface area contributed by atoms with E-state index in [1.165, 1.54) is 19.3 Å². The van der Waals surface area contributed by atoms with Crippen LogP contribution in [-0.2, 0) is 4.79 Å². The molecule has 0 bridgehead atoms. The summed E-state index contributed by atoms with van der Waals surface area (Å²) in [7, 11) is 0. The van der Waals surface area contributed by atoms with Crippen molar-refractivity contribution in [3.63, 3.8) is 0 Å². The van der Waals surface area contributed by atoms with Gasteiger partial charge in [0.05, 0.1) is 0 Å². The smallest absolute Gasteiger partial charge is 0.221 e. The van der Waals surface area contributed by atoms with Gasteiger partial charge in [-0.05, 0) is 31.6 Å². The predicted octanol–water partition coefficient (Wildman–Crippen LogP) is 1.43. The van der Waals surface area contributed by atoms with Crippen molar-refractivity contribution in [2.24, 2.45) is 5.92 Å². The largest absolute Gasteiger partial charge is 0.356 e. The second-order valence-electron chi connectivity index (χ2n) is 5.07. The summed E-state index contributed by atoms with van der Waals surface area (Å²) >= 11 is 0. The molecule has 3 atom stereocenters. The highest BCUT2D eigenvalue weighted by molar-refractivity contribution is 5.76. The van der Waals surface area contributed by atoms with E-state index in [9.17, 15) is 4.79 Å². The zero-order valence-electron chi connectivity index (χ0n) is 9.59. The maximum atomic E-state index is 11.4. The van der Waals surface area contributed by atoms with Gasteiger partial charge in [0.2, 0.25) is 5.91 Å². The van der Waals surface area contributed by atoms with E-state index >= 15 is 0 Å². The monoisotopic (exact) mass is 210 g/mol. The van der Waals surface area contributed by atoms with Crippen LogP contribution in [0.1, 0.15) is 45.4 Å². The quantitative estimate of drug-likeness (QED) is 0.724. The van der Waals surface area contributed by atoms with Crippen LogP contribution < -0.4 is 10.6 Å². The molecule has 3 heteroatoms. The van der Waals surface area contributed by atoms with Crippen molar-refractivity contribution in [2.75, 3.05) is 6.54 Å². The number of hydrogen-bond donors (Lipinski definition) is 2. The number of rotatable bonds is 2. The van der Waals surface area contributed by atoms with Crippen LogP contribution in [-0.4, -0.2) is 24.5 Å². The lowest BCUT2D eigenvalue weighted by molar-refractivity contribution is -0.121. The molecular formula is C12H22N2O. The maximum Gasteiger partial charge on any atom is 0.221 e. The molecule has 0 aromatic rings. The van der Waals surface area contributed by atoms with Gasteiger partial charge in [0, 0.05) is 25.0 Å². The molecule has 1 saturated carbocycles. The lowest BCUT2D eigenvalue weighted by Gasteiger charge is -2.23. The maximum absolute atomic E-state index is 11.4. The Morgan fingerprint density at radius 1 is 1.27 bits per heavy atom. The van der Waals surface area contributed by atoms with Crippen LogP contribution in [0.15, 0.2) is 0 Å². The van der Waals surface area contributed by atoms with Gasteiger partial charge in [-0.3, -0.25) is 4.79 Å². The van der Waals surface area contributed by atoms with Gasteiger partial charge in [-0.1, -0.05) is 13.3 Å². The summed E-state index contributed by atoms with van der Waals surface area (Å²) in [5.41, 5.74) is 0. The molecule has 3 unspecified atom stereocenters. The van der Waals surface area contributed by atoms with Crippen LogP contribution in [0.5, 0.6) is 0 Å². The molecular weight excluding hydrogens is 188 g/mol. The molecule has 0 spiro atoms. The van der Waals surface area contributed by atoms with E-state index < -0.39 is 0 Å². The molecule has 1 amide bonds. The molecule has 3 nitrogen and oxygen atoms in total. The van der Waals surface area contributed by atoms with E-state index in [-0.39, 0.29) is 5.91 Å². The Morgan fingerprint density at radius 2 is 2.13 bits per heavy atom. The van der Waals surface area contributed by atoms with E-state index in [4.69, 9.17) is 0 Å². The zero-order chi connectivity index (χ0) is 10.7. The Hall–Kier alpha value is -0.570. The first-order chi connectivity index (χ1) is 7.25. The van der Waals surface area contributed by atoms with Crippen LogP contribution in [0.4, 0.5) is 0 Å². The fourth-order valence-corrected chi connectivity index (χ4v) is 2.81. The first-order valence-electron chi connectivity index (χ1n) is 6.28. The van der Waals surface area contributed by atoms with Gasteiger partial charge in [-0.15, -0.1) is 0 Å². The van der Waals surface area contributed by atoms with Crippen molar-refractivity contribution in [2.45, 2.75) is 57.5 Å². The third kappa shape index (κ3) is 2.94. The van der Waals surface area contributed by atoms with Crippen LogP contribution in [0.25, 0.3) is 0 Å². The van der Waals surface area contributed by atoms with Crippen molar-refractivity contribution in [3.05, 3.63) is 0 Å². The summed E-state index contributed by atoms with van der Waals surface area (Å²) < 4.78 is 0. The minimum atomic E-state index is 0.218. The van der Waals surface area contributed by atoms with Gasteiger partial charge in [-0.2, -0.15) is 0 Å². The normalized spacial score (nSPS) is 37.4. The summed E-state index contributed by atoms with van der Waals surface area (Å²) in [5, 5.41) is 6.61. The van der Waals surface area contributed by atoms with E-state index in [2.05, 4.69) is 17.6 Å². The highest BCUT2D eigenvalue weighted by atomic mass is 16.1. The molecule has 2 rings (SSSR count). The summed E-state index contributed by atoms with van der Waals surface area (Å²) in [5.74, 6) is 1.01. The highest BCUT2D eigenvalue weighted by Gasteiger charge is 2.27. The molecule has 1 saturated heterocycles. The molecule has 2 aliphatic rings. The summed E-state index contributed by atoms with van der Waals surface area (Å²) in [4.78, 5) is 11.4. The minimum Gasteiger partial charge on any atom is -0.356 e. The van der Waals surface area contributed by atoms with Crippen LogP contribution in [0, 0.1) is 5.92 Å². The van der Waals surface area contributed by atoms with E-state index in [1.807, 2.05) is 0 Å². The van der Waals surface area contributed by atoms with Crippen molar-refractivity contribution in [1.82, 2.24) is 10.6 Å². The minimum absolute atomic E-state index is 0.218. The lowest BCUT2D eigenvalue weighted by Crippen LogP contribution is -2.41. The van der Waals surface area contributed by atoms with Gasteiger partial charge in [-0.25, -0.2) is 0 Å². The molecule has 15 heavy (non-hydrogen) atoms. The number of carbonyl (C=O) groups excluding carboxylic acids is 1. The molecule has 86 valence electrons. The second-order valence-corrected chi connectivity index (χ2v) is 5.07. The summed E-state index contributed by atoms with van der Waals surface area (Å²) in [6.07, 6.45) is 6.91. The number of hydrogen-bond acceptors (Lipinski definition) is 2. The van der Waals surface area contributed by atoms with E-state index in [0.29, 0.717) is 18.5 Å². The predicted molar refractivity (Wildman–Crippen MR) is 60.6 cm³/mol. The topological polar surface area (TPSA) is 41.1 Å².